The van der Waals surface area contributed by atoms with Gasteiger partial charge in [0.15, 0.2) is 0 Å². The van der Waals surface area contributed by atoms with Gasteiger partial charge in [0.2, 0.25) is 0 Å². The van der Waals surface area contributed by atoms with Gasteiger partial charge < -0.3 is 0 Å². The van der Waals surface area contributed by atoms with Crippen LogP contribution in [0.4, 0.5) is 0 Å². The monoisotopic (exact) mass is 314 g/mol. The van der Waals surface area contributed by atoms with Gasteiger partial charge in [-0.2, -0.15) is 0 Å². The number of allylic oxidation sites excluding steroid dienone is 10. The van der Waals surface area contributed by atoms with Gasteiger partial charge in [-0.1, -0.05) is 110 Å². The molecule has 0 heterocycles. The molecule has 0 saturated heterocycles. The fourth-order valence-electron chi connectivity index (χ4n) is 2.22. The van der Waals surface area contributed by atoms with E-state index >= 15 is 0 Å². The maximum Gasteiger partial charge on any atom is 0.00810 e. The fourth-order valence-corrected chi connectivity index (χ4v) is 2.22. The van der Waals surface area contributed by atoms with Crippen molar-refractivity contribution in [2.75, 3.05) is 0 Å². The van der Waals surface area contributed by atoms with Gasteiger partial charge in [0.05, 0.1) is 0 Å². The molecule has 0 atom stereocenters. The highest BCUT2D eigenvalue weighted by Gasteiger charge is 2.21. The lowest BCUT2D eigenvalue weighted by atomic mass is 9.78. The third-order valence-corrected chi connectivity index (χ3v) is 3.59. The van der Waals surface area contributed by atoms with E-state index in [1.165, 1.54) is 11.1 Å². The Morgan fingerprint density at radius 3 is 2.04 bits per heavy atom. The molecule has 0 N–H and O–H groups in total. The van der Waals surface area contributed by atoms with E-state index < -0.39 is 0 Å². The Bertz CT molecular complexity index is 462. The minimum atomic E-state index is -0.0429. The summed E-state index contributed by atoms with van der Waals surface area (Å²) in [6, 6.07) is 0. The standard InChI is InChI=1S/C21H32.C2H6/c1-9-14-19(17(4)5)20(11-3)21(7,8)16-13-12-15-18(6)10-2;1-2/h9,11-17H,3,6,10H2,1-2,4-5,7-8H3;1-2H3/b14-9-,15-12+,16-13?,20-19-;. The molecule has 0 amide bonds. The first-order valence-electron chi connectivity index (χ1n) is 8.83. The zero-order chi connectivity index (χ0) is 18.5. The van der Waals surface area contributed by atoms with Crippen LogP contribution in [0.5, 0.6) is 0 Å². The van der Waals surface area contributed by atoms with Crippen LogP contribution in [0.3, 0.4) is 0 Å². The van der Waals surface area contributed by atoms with E-state index in [1.54, 1.807) is 0 Å². The Balaban J connectivity index is 0. The molecule has 23 heavy (non-hydrogen) atoms. The number of hydrogen-bond acceptors (Lipinski definition) is 0. The third-order valence-electron chi connectivity index (χ3n) is 3.59. The lowest BCUT2D eigenvalue weighted by Gasteiger charge is -2.26. The highest BCUT2D eigenvalue weighted by molar-refractivity contribution is 5.40. The number of hydrogen-bond donors (Lipinski definition) is 0. The summed E-state index contributed by atoms with van der Waals surface area (Å²) >= 11 is 0. The molecule has 0 rings (SSSR count). The van der Waals surface area contributed by atoms with Crippen LogP contribution < -0.4 is 0 Å². The molecule has 0 heteroatoms. The fraction of sp³-hybridized carbons (Fsp3) is 0.478. The summed E-state index contributed by atoms with van der Waals surface area (Å²) in [6.07, 6.45) is 15.8. The molecule has 0 spiro atoms. The van der Waals surface area contributed by atoms with E-state index in [4.69, 9.17) is 0 Å². The normalized spacial score (nSPS) is 13.4. The van der Waals surface area contributed by atoms with Crippen LogP contribution in [0.1, 0.15) is 61.8 Å². The first kappa shape index (κ1) is 23.7. The van der Waals surface area contributed by atoms with Crippen LogP contribution in [0, 0.1) is 11.3 Å². The second-order valence-corrected chi connectivity index (χ2v) is 6.18. The van der Waals surface area contributed by atoms with Crippen molar-refractivity contribution in [3.8, 4) is 0 Å². The zero-order valence-corrected chi connectivity index (χ0v) is 16.7. The van der Waals surface area contributed by atoms with Gasteiger partial charge in [-0.3, -0.25) is 0 Å². The van der Waals surface area contributed by atoms with Gasteiger partial charge in [-0.25, -0.2) is 0 Å². The van der Waals surface area contributed by atoms with Gasteiger partial charge in [0, 0.05) is 5.41 Å². The van der Waals surface area contributed by atoms with Crippen LogP contribution in [0.25, 0.3) is 0 Å². The highest BCUT2D eigenvalue weighted by atomic mass is 14.3. The summed E-state index contributed by atoms with van der Waals surface area (Å²) in [6.45, 7) is 25.1. The van der Waals surface area contributed by atoms with Crippen molar-refractivity contribution < 1.29 is 0 Å². The van der Waals surface area contributed by atoms with Gasteiger partial charge >= 0.3 is 0 Å². The minimum absolute atomic E-state index is 0.0429. The van der Waals surface area contributed by atoms with E-state index in [-0.39, 0.29) is 5.41 Å². The van der Waals surface area contributed by atoms with Crippen LogP contribution in [-0.4, -0.2) is 0 Å². The Labute approximate surface area is 146 Å². The van der Waals surface area contributed by atoms with Crippen LogP contribution in [0.15, 0.2) is 72.4 Å². The largest absolute Gasteiger partial charge is 0.0987 e. The van der Waals surface area contributed by atoms with Gasteiger partial charge in [-0.05, 0) is 30.4 Å². The van der Waals surface area contributed by atoms with Crippen molar-refractivity contribution in [2.45, 2.75) is 61.8 Å². The van der Waals surface area contributed by atoms with E-state index in [1.807, 2.05) is 19.9 Å². The van der Waals surface area contributed by atoms with E-state index in [0.29, 0.717) is 5.92 Å². The third kappa shape index (κ3) is 9.23. The van der Waals surface area contributed by atoms with Crippen molar-refractivity contribution in [3.63, 3.8) is 0 Å². The molecule has 0 aliphatic carbocycles. The van der Waals surface area contributed by atoms with E-state index in [9.17, 15) is 0 Å². The predicted octanol–water partition coefficient (Wildman–Crippen LogP) is 7.83. The van der Waals surface area contributed by atoms with Gasteiger partial charge in [0.1, 0.15) is 0 Å². The average molecular weight is 315 g/mol. The van der Waals surface area contributed by atoms with Crippen LogP contribution >= 0.6 is 0 Å². The minimum Gasteiger partial charge on any atom is -0.0987 e. The summed E-state index contributed by atoms with van der Waals surface area (Å²) < 4.78 is 0. The molecule has 0 fully saturated rings. The Hall–Kier alpha value is -1.56. The Morgan fingerprint density at radius 1 is 1.09 bits per heavy atom. The molecule has 130 valence electrons. The summed E-state index contributed by atoms with van der Waals surface area (Å²) in [5, 5.41) is 0. The molecule has 0 bridgehead atoms. The molecule has 0 radical (unpaired) electrons. The highest BCUT2D eigenvalue weighted by Crippen LogP contribution is 2.34. The second-order valence-electron chi connectivity index (χ2n) is 6.18. The van der Waals surface area contributed by atoms with Crippen molar-refractivity contribution >= 4 is 0 Å². The summed E-state index contributed by atoms with van der Waals surface area (Å²) in [7, 11) is 0. The summed E-state index contributed by atoms with van der Waals surface area (Å²) in [4.78, 5) is 0. The summed E-state index contributed by atoms with van der Waals surface area (Å²) in [5.41, 5.74) is 3.74. The predicted molar refractivity (Wildman–Crippen MR) is 110 cm³/mol. The first-order valence-corrected chi connectivity index (χ1v) is 8.83. The van der Waals surface area contributed by atoms with Crippen LogP contribution in [0.2, 0.25) is 0 Å². The molecule has 0 aliphatic rings. The second kappa shape index (κ2) is 12.9. The van der Waals surface area contributed by atoms with Crippen LogP contribution in [-0.2, 0) is 0 Å². The maximum absolute atomic E-state index is 4.02. The van der Waals surface area contributed by atoms with Crippen molar-refractivity contribution in [3.05, 3.63) is 72.4 Å². The quantitative estimate of drug-likeness (QED) is 0.400. The Morgan fingerprint density at radius 2 is 1.65 bits per heavy atom. The molecule has 0 nitrogen and oxygen atoms in total. The molecule has 0 aromatic heterocycles. The maximum atomic E-state index is 4.02. The molecule has 0 unspecified atom stereocenters. The molecular formula is C23H38. The van der Waals surface area contributed by atoms with E-state index in [0.717, 1.165) is 12.0 Å². The van der Waals surface area contributed by atoms with E-state index in [2.05, 4.69) is 91.2 Å². The molecule has 0 aliphatic heterocycles. The Kier molecular flexibility index (Phi) is 13.3. The molecule has 0 aromatic carbocycles. The lowest BCUT2D eigenvalue weighted by Crippen LogP contribution is -2.14. The summed E-state index contributed by atoms with van der Waals surface area (Å²) in [5.74, 6) is 0.484. The smallest absolute Gasteiger partial charge is 0.00810 e. The average Bonchev–Trinajstić information content (AvgIpc) is 2.52. The first-order chi connectivity index (χ1) is 10.8. The van der Waals surface area contributed by atoms with Gasteiger partial charge in [-0.15, -0.1) is 0 Å². The molecular weight excluding hydrogens is 276 g/mol. The van der Waals surface area contributed by atoms with Crippen molar-refractivity contribution in [1.29, 1.82) is 0 Å². The molecule has 0 aromatic rings. The van der Waals surface area contributed by atoms with Crippen molar-refractivity contribution in [1.82, 2.24) is 0 Å². The SMILES string of the molecule is C=C/C(=C(\C=C/C)C(C)C)C(C)(C)C=C/C=C/C(=C)CC.CC. The topological polar surface area (TPSA) is 0 Å². The van der Waals surface area contributed by atoms with Crippen molar-refractivity contribution in [2.24, 2.45) is 11.3 Å². The lowest BCUT2D eigenvalue weighted by molar-refractivity contribution is 0.578. The van der Waals surface area contributed by atoms with Gasteiger partial charge in [0.25, 0.3) is 0 Å². The zero-order valence-electron chi connectivity index (χ0n) is 16.7. The molecule has 0 saturated carbocycles. The number of rotatable bonds is 8.